The summed E-state index contributed by atoms with van der Waals surface area (Å²) in [7, 11) is 0.706. The van der Waals surface area contributed by atoms with Gasteiger partial charge in [-0.1, -0.05) is 19.6 Å². The summed E-state index contributed by atoms with van der Waals surface area (Å²) < 4.78 is 14.2. The Morgan fingerprint density at radius 2 is 2.14 bits per heavy atom. The van der Waals surface area contributed by atoms with Crippen molar-refractivity contribution < 1.29 is 9.47 Å². The molecule has 21 heavy (non-hydrogen) atoms. The normalized spacial score (nSPS) is 16.3. The maximum atomic E-state index is 5.82. The summed E-state index contributed by atoms with van der Waals surface area (Å²) in [4.78, 5) is 0. The zero-order valence-electron chi connectivity index (χ0n) is 13.5. The van der Waals surface area contributed by atoms with Crippen molar-refractivity contribution in [1.29, 1.82) is 0 Å². The lowest BCUT2D eigenvalue weighted by Gasteiger charge is -2.15. The Morgan fingerprint density at radius 3 is 2.71 bits per heavy atom. The lowest BCUT2D eigenvalue weighted by molar-refractivity contribution is 0.0860. The van der Waals surface area contributed by atoms with Gasteiger partial charge in [0.15, 0.2) is 0 Å². The SMILES string of the molecule is CO/C=C(/c1cc(Br)n(COCC[Si](C)(C)C)c1)C1CC1. The molecule has 5 heteroatoms. The fourth-order valence-electron chi connectivity index (χ4n) is 2.20. The molecule has 0 atom stereocenters. The second-order valence-electron chi connectivity index (χ2n) is 6.95. The van der Waals surface area contributed by atoms with Crippen LogP contribution in [0.5, 0.6) is 0 Å². The van der Waals surface area contributed by atoms with Crippen LogP contribution in [0.25, 0.3) is 5.57 Å². The molecule has 118 valence electrons. The van der Waals surface area contributed by atoms with Gasteiger partial charge in [0.25, 0.3) is 0 Å². The van der Waals surface area contributed by atoms with Crippen LogP contribution in [-0.4, -0.2) is 26.4 Å². The highest BCUT2D eigenvalue weighted by atomic mass is 79.9. The third-order valence-electron chi connectivity index (χ3n) is 3.67. The minimum Gasteiger partial charge on any atom is -0.504 e. The molecule has 0 amide bonds. The van der Waals surface area contributed by atoms with Crippen molar-refractivity contribution in [3.63, 3.8) is 0 Å². The van der Waals surface area contributed by atoms with Gasteiger partial charge in [-0.15, -0.1) is 0 Å². The smallest absolute Gasteiger partial charge is 0.123 e. The highest BCUT2D eigenvalue weighted by Gasteiger charge is 2.28. The van der Waals surface area contributed by atoms with E-state index in [9.17, 15) is 0 Å². The standard InChI is InChI=1S/C16H26BrNO2Si/c1-19-11-15(13-5-6-13)14-9-16(17)18(10-14)12-20-7-8-21(2,3)4/h9-11,13H,5-8,12H2,1-4H3/b15-11+. The molecule has 1 aliphatic carbocycles. The van der Waals surface area contributed by atoms with Crippen molar-refractivity contribution in [3.8, 4) is 0 Å². The summed E-state index contributed by atoms with van der Waals surface area (Å²) in [5.41, 5.74) is 2.54. The molecule has 1 aliphatic rings. The largest absolute Gasteiger partial charge is 0.504 e. The number of aromatic nitrogens is 1. The van der Waals surface area contributed by atoms with E-state index < -0.39 is 8.07 Å². The van der Waals surface area contributed by atoms with Crippen LogP contribution < -0.4 is 0 Å². The van der Waals surface area contributed by atoms with E-state index in [1.807, 2.05) is 6.26 Å². The highest BCUT2D eigenvalue weighted by molar-refractivity contribution is 9.10. The molecular weight excluding hydrogens is 346 g/mol. The fourth-order valence-corrected chi connectivity index (χ4v) is 3.41. The number of allylic oxidation sites excluding steroid dienone is 1. The van der Waals surface area contributed by atoms with Gasteiger partial charge in [-0.2, -0.15) is 0 Å². The molecule has 3 nitrogen and oxygen atoms in total. The molecule has 0 aliphatic heterocycles. The van der Waals surface area contributed by atoms with Crippen LogP contribution in [0.4, 0.5) is 0 Å². The molecule has 0 saturated heterocycles. The first kappa shape index (κ1) is 16.8. The Hall–Kier alpha value is -0.523. The van der Waals surface area contributed by atoms with E-state index >= 15 is 0 Å². The van der Waals surface area contributed by atoms with Gasteiger partial charge in [0, 0.05) is 20.9 Å². The predicted octanol–water partition coefficient (Wildman–Crippen LogP) is 4.96. The van der Waals surface area contributed by atoms with E-state index in [0.717, 1.165) is 11.2 Å². The highest BCUT2D eigenvalue weighted by Crippen LogP contribution is 2.42. The number of ether oxygens (including phenoxy) is 2. The van der Waals surface area contributed by atoms with Crippen molar-refractivity contribution in [2.75, 3.05) is 13.7 Å². The minimum absolute atomic E-state index is 0.607. The molecule has 2 rings (SSSR count). The molecule has 0 bridgehead atoms. The first-order valence-corrected chi connectivity index (χ1v) is 12.1. The lowest BCUT2D eigenvalue weighted by Crippen LogP contribution is -2.22. The summed E-state index contributed by atoms with van der Waals surface area (Å²) in [6, 6.07) is 3.36. The van der Waals surface area contributed by atoms with Crippen LogP contribution in [0.3, 0.4) is 0 Å². The molecule has 1 fully saturated rings. The fraction of sp³-hybridized carbons (Fsp3) is 0.625. The van der Waals surface area contributed by atoms with Crippen LogP contribution >= 0.6 is 15.9 Å². The van der Waals surface area contributed by atoms with Crippen molar-refractivity contribution in [2.45, 2.75) is 45.3 Å². The van der Waals surface area contributed by atoms with Gasteiger partial charge >= 0.3 is 0 Å². The molecule has 1 aromatic heterocycles. The Kier molecular flexibility index (Phi) is 5.74. The van der Waals surface area contributed by atoms with Crippen molar-refractivity contribution in [1.82, 2.24) is 4.57 Å². The Labute approximate surface area is 137 Å². The first-order valence-electron chi connectivity index (χ1n) is 7.57. The number of hydrogen-bond donors (Lipinski definition) is 0. The van der Waals surface area contributed by atoms with E-state index in [-0.39, 0.29) is 0 Å². The molecule has 1 saturated carbocycles. The number of methoxy groups -OCH3 is 1. The second kappa shape index (κ2) is 7.16. The van der Waals surface area contributed by atoms with Crippen LogP contribution in [0.15, 0.2) is 23.1 Å². The van der Waals surface area contributed by atoms with Crippen LogP contribution in [0, 0.1) is 5.92 Å². The first-order chi connectivity index (χ1) is 9.90. The maximum Gasteiger partial charge on any atom is 0.123 e. The quantitative estimate of drug-likeness (QED) is 0.366. The summed E-state index contributed by atoms with van der Waals surface area (Å²) in [6.45, 7) is 8.57. The Balaban J connectivity index is 1.94. The van der Waals surface area contributed by atoms with Gasteiger partial charge in [-0.05, 0) is 57.9 Å². The number of hydrogen-bond acceptors (Lipinski definition) is 2. The summed E-state index contributed by atoms with van der Waals surface area (Å²) >= 11 is 3.62. The maximum absolute atomic E-state index is 5.82. The van der Waals surface area contributed by atoms with Gasteiger partial charge in [-0.25, -0.2) is 0 Å². The van der Waals surface area contributed by atoms with E-state index in [0.29, 0.717) is 12.6 Å². The van der Waals surface area contributed by atoms with Gasteiger partial charge in [0.2, 0.25) is 0 Å². The summed E-state index contributed by atoms with van der Waals surface area (Å²) in [5, 5.41) is 0. The molecule has 1 aromatic rings. The van der Waals surface area contributed by atoms with Crippen molar-refractivity contribution in [2.24, 2.45) is 5.92 Å². The minimum atomic E-state index is -1.01. The van der Waals surface area contributed by atoms with E-state index in [2.05, 4.69) is 52.4 Å². The Morgan fingerprint density at radius 1 is 1.43 bits per heavy atom. The second-order valence-corrected chi connectivity index (χ2v) is 13.4. The molecule has 0 unspecified atom stereocenters. The molecule has 0 N–H and O–H groups in total. The number of halogens is 1. The molecule has 0 spiro atoms. The summed E-state index contributed by atoms with van der Waals surface area (Å²) in [6.07, 6.45) is 6.58. The van der Waals surface area contributed by atoms with Crippen LogP contribution in [0.1, 0.15) is 18.4 Å². The van der Waals surface area contributed by atoms with Crippen LogP contribution in [0.2, 0.25) is 25.7 Å². The zero-order valence-corrected chi connectivity index (χ0v) is 16.1. The molecular formula is C16H26BrNO2Si. The average molecular weight is 372 g/mol. The van der Waals surface area contributed by atoms with Crippen molar-refractivity contribution in [3.05, 3.63) is 28.7 Å². The summed E-state index contributed by atoms with van der Waals surface area (Å²) in [5.74, 6) is 0.667. The predicted molar refractivity (Wildman–Crippen MR) is 93.9 cm³/mol. The number of rotatable bonds is 8. The monoisotopic (exact) mass is 371 g/mol. The van der Waals surface area contributed by atoms with Crippen molar-refractivity contribution >= 4 is 29.6 Å². The lowest BCUT2D eigenvalue weighted by atomic mass is 10.1. The van der Waals surface area contributed by atoms with E-state index in [4.69, 9.17) is 9.47 Å². The topological polar surface area (TPSA) is 23.4 Å². The number of nitrogens with zero attached hydrogens (tertiary/aromatic N) is 1. The van der Waals surface area contributed by atoms with Gasteiger partial charge in [0.05, 0.1) is 18.0 Å². The third-order valence-corrected chi connectivity index (χ3v) is 6.05. The molecule has 1 heterocycles. The average Bonchev–Trinajstić information content (AvgIpc) is 3.15. The van der Waals surface area contributed by atoms with Gasteiger partial charge in [0.1, 0.15) is 6.73 Å². The van der Waals surface area contributed by atoms with E-state index in [1.165, 1.54) is 30.0 Å². The van der Waals surface area contributed by atoms with Crippen LogP contribution in [-0.2, 0) is 16.2 Å². The molecule has 0 radical (unpaired) electrons. The zero-order chi connectivity index (χ0) is 15.5. The van der Waals surface area contributed by atoms with Gasteiger partial charge in [-0.3, -0.25) is 0 Å². The molecule has 0 aromatic carbocycles. The third kappa shape index (κ3) is 5.31. The van der Waals surface area contributed by atoms with Gasteiger partial charge < -0.3 is 14.0 Å². The van der Waals surface area contributed by atoms with E-state index in [1.54, 1.807) is 7.11 Å². The Bertz CT molecular complexity index is 501.